The van der Waals surface area contributed by atoms with Gasteiger partial charge in [0.15, 0.2) is 6.10 Å². The van der Waals surface area contributed by atoms with Crippen LogP contribution in [0.15, 0.2) is 28.7 Å². The van der Waals surface area contributed by atoms with E-state index in [1.165, 1.54) is 31.2 Å². The molecule has 1 aromatic carbocycles. The Hall–Kier alpha value is -1.94. The molecule has 0 N–H and O–H groups in total. The lowest BCUT2D eigenvalue weighted by molar-refractivity contribution is -0.139. The summed E-state index contributed by atoms with van der Waals surface area (Å²) in [6.45, 7) is -1.55. The van der Waals surface area contributed by atoms with Crippen LogP contribution in [0.25, 0.3) is 6.08 Å². The molecule has 106 valence electrons. The first-order chi connectivity index (χ1) is 9.42. The first kappa shape index (κ1) is 16.1. The smallest absolute Gasteiger partial charge is 0.387 e. The summed E-state index contributed by atoms with van der Waals surface area (Å²) < 4.78 is 34.1. The van der Waals surface area contributed by atoms with Crippen molar-refractivity contribution in [2.24, 2.45) is 0 Å². The minimum absolute atomic E-state index is 0.0689. The van der Waals surface area contributed by atoms with Gasteiger partial charge in [0.25, 0.3) is 0 Å². The van der Waals surface area contributed by atoms with Crippen molar-refractivity contribution in [2.75, 3.05) is 0 Å². The van der Waals surface area contributed by atoms with Gasteiger partial charge < -0.3 is 9.47 Å². The number of halogens is 3. The van der Waals surface area contributed by atoms with Crippen molar-refractivity contribution in [1.29, 1.82) is 5.26 Å². The maximum absolute atomic E-state index is 12.2. The molecule has 0 spiro atoms. The van der Waals surface area contributed by atoms with Crippen LogP contribution in [0.2, 0.25) is 0 Å². The molecule has 20 heavy (non-hydrogen) atoms. The van der Waals surface area contributed by atoms with Gasteiger partial charge in [-0.3, -0.25) is 0 Å². The Morgan fingerprint density at radius 1 is 1.50 bits per heavy atom. The zero-order valence-electron chi connectivity index (χ0n) is 10.3. The highest BCUT2D eigenvalue weighted by atomic mass is 79.9. The van der Waals surface area contributed by atoms with E-state index in [2.05, 4.69) is 25.4 Å². The summed E-state index contributed by atoms with van der Waals surface area (Å²) in [4.78, 5) is 11.3. The Morgan fingerprint density at radius 2 is 2.20 bits per heavy atom. The van der Waals surface area contributed by atoms with Gasteiger partial charge in [-0.05, 0) is 31.2 Å². The summed E-state index contributed by atoms with van der Waals surface area (Å²) in [7, 11) is 0. The highest BCUT2D eigenvalue weighted by Gasteiger charge is 2.09. The molecule has 1 aromatic rings. The van der Waals surface area contributed by atoms with Gasteiger partial charge in [0, 0.05) is 16.1 Å². The molecule has 0 bridgehead atoms. The molecule has 0 fully saturated rings. The maximum Gasteiger partial charge on any atom is 0.387 e. The lowest BCUT2D eigenvalue weighted by Crippen LogP contribution is -2.10. The average molecular weight is 346 g/mol. The highest BCUT2D eigenvalue weighted by Crippen LogP contribution is 2.26. The maximum atomic E-state index is 12.2. The monoisotopic (exact) mass is 345 g/mol. The zero-order chi connectivity index (χ0) is 15.1. The number of carbonyl (C=O) groups excluding carboxylic acids is 1. The second-order valence-corrected chi connectivity index (χ2v) is 4.52. The van der Waals surface area contributed by atoms with Crippen molar-refractivity contribution in [3.63, 3.8) is 0 Å². The summed E-state index contributed by atoms with van der Waals surface area (Å²) in [5.74, 6) is -0.817. The largest absolute Gasteiger partial charge is 0.444 e. The van der Waals surface area contributed by atoms with E-state index >= 15 is 0 Å². The molecular weight excluding hydrogens is 336 g/mol. The van der Waals surface area contributed by atoms with Crippen molar-refractivity contribution in [3.8, 4) is 11.8 Å². The number of carbonyl (C=O) groups is 1. The fourth-order valence-corrected chi connectivity index (χ4v) is 1.63. The molecule has 0 heterocycles. The molecule has 0 radical (unpaired) electrons. The number of esters is 1. The van der Waals surface area contributed by atoms with Crippen LogP contribution >= 0.6 is 15.9 Å². The Bertz CT molecular complexity index is 555. The summed E-state index contributed by atoms with van der Waals surface area (Å²) >= 11 is 3.18. The fraction of sp³-hybridized carbons (Fsp3) is 0.231. The van der Waals surface area contributed by atoms with E-state index in [0.29, 0.717) is 4.47 Å². The summed E-state index contributed by atoms with van der Waals surface area (Å²) in [6.07, 6.45) is 1.43. The number of hydrogen-bond donors (Lipinski definition) is 0. The van der Waals surface area contributed by atoms with Crippen molar-refractivity contribution < 1.29 is 23.0 Å². The molecule has 0 aromatic heterocycles. The van der Waals surface area contributed by atoms with E-state index in [9.17, 15) is 13.6 Å². The Labute approximate surface area is 122 Å². The van der Waals surface area contributed by atoms with E-state index in [0.717, 1.165) is 6.08 Å². The van der Waals surface area contributed by atoms with Crippen LogP contribution in [0.4, 0.5) is 8.78 Å². The van der Waals surface area contributed by atoms with Crippen molar-refractivity contribution in [2.45, 2.75) is 19.6 Å². The Kier molecular flexibility index (Phi) is 6.12. The average Bonchev–Trinajstić information content (AvgIpc) is 2.38. The second-order valence-electron chi connectivity index (χ2n) is 3.60. The van der Waals surface area contributed by atoms with Crippen LogP contribution in [-0.4, -0.2) is 18.7 Å². The van der Waals surface area contributed by atoms with Crippen molar-refractivity contribution in [1.82, 2.24) is 0 Å². The van der Waals surface area contributed by atoms with Gasteiger partial charge >= 0.3 is 12.6 Å². The van der Waals surface area contributed by atoms with Gasteiger partial charge in [0.1, 0.15) is 11.8 Å². The topological polar surface area (TPSA) is 59.3 Å². The Morgan fingerprint density at radius 3 is 2.80 bits per heavy atom. The predicted octanol–water partition coefficient (Wildman–Crippen LogP) is 3.52. The molecular formula is C13H10BrF2NO3. The van der Waals surface area contributed by atoms with E-state index in [4.69, 9.17) is 5.26 Å². The normalized spacial score (nSPS) is 12.2. The highest BCUT2D eigenvalue weighted by molar-refractivity contribution is 9.10. The minimum Gasteiger partial charge on any atom is -0.444 e. The first-order valence-corrected chi connectivity index (χ1v) is 6.24. The fourth-order valence-electron chi connectivity index (χ4n) is 1.25. The number of nitriles is 1. The van der Waals surface area contributed by atoms with E-state index in [-0.39, 0.29) is 11.3 Å². The lowest BCUT2D eigenvalue weighted by atomic mass is 10.2. The molecule has 0 saturated heterocycles. The van der Waals surface area contributed by atoms with E-state index in [1.54, 1.807) is 6.07 Å². The van der Waals surface area contributed by atoms with Gasteiger partial charge in [-0.15, -0.1) is 0 Å². The molecule has 7 heteroatoms. The van der Waals surface area contributed by atoms with Gasteiger partial charge in [-0.2, -0.15) is 14.0 Å². The van der Waals surface area contributed by atoms with Crippen molar-refractivity contribution in [3.05, 3.63) is 34.3 Å². The van der Waals surface area contributed by atoms with Crippen LogP contribution in [0.1, 0.15) is 12.5 Å². The van der Waals surface area contributed by atoms with E-state index < -0.39 is 18.7 Å². The lowest BCUT2D eigenvalue weighted by Gasteiger charge is -2.08. The SMILES string of the molecule is C[C@H](C#N)OC(=O)/C=C/c1cc(Br)ccc1OC(F)F. The third-order valence-corrected chi connectivity index (χ3v) is 2.55. The van der Waals surface area contributed by atoms with Gasteiger partial charge in [0.2, 0.25) is 0 Å². The number of nitrogens with zero attached hydrogens (tertiary/aromatic N) is 1. The molecule has 4 nitrogen and oxygen atoms in total. The van der Waals surface area contributed by atoms with Crippen LogP contribution in [-0.2, 0) is 9.53 Å². The van der Waals surface area contributed by atoms with Crippen LogP contribution in [0.5, 0.6) is 5.75 Å². The molecule has 0 unspecified atom stereocenters. The quantitative estimate of drug-likeness (QED) is 0.605. The number of hydrogen-bond acceptors (Lipinski definition) is 4. The zero-order valence-corrected chi connectivity index (χ0v) is 11.9. The predicted molar refractivity (Wildman–Crippen MR) is 71.0 cm³/mol. The number of ether oxygens (including phenoxy) is 2. The molecule has 0 aliphatic carbocycles. The van der Waals surface area contributed by atoms with Crippen LogP contribution < -0.4 is 4.74 Å². The van der Waals surface area contributed by atoms with Gasteiger partial charge in [0.05, 0.1) is 0 Å². The summed E-state index contributed by atoms with van der Waals surface area (Å²) in [5.41, 5.74) is 0.279. The molecule has 1 atom stereocenters. The minimum atomic E-state index is -2.96. The summed E-state index contributed by atoms with van der Waals surface area (Å²) in [5, 5.41) is 8.49. The van der Waals surface area contributed by atoms with Crippen molar-refractivity contribution >= 4 is 28.0 Å². The molecule has 1 rings (SSSR count). The first-order valence-electron chi connectivity index (χ1n) is 5.45. The third kappa shape index (κ3) is 5.36. The Balaban J connectivity index is 2.87. The van der Waals surface area contributed by atoms with E-state index in [1.807, 2.05) is 0 Å². The number of alkyl halides is 2. The molecule has 0 saturated carbocycles. The molecule has 0 amide bonds. The van der Waals surface area contributed by atoms with Gasteiger partial charge in [-0.1, -0.05) is 15.9 Å². The standard InChI is InChI=1S/C13H10BrF2NO3/c1-8(7-17)19-12(18)5-2-9-6-10(14)3-4-11(9)20-13(15)16/h2-6,8,13H,1H3/b5-2+/t8-/m1/s1. The third-order valence-electron chi connectivity index (χ3n) is 2.06. The molecule has 0 aliphatic heterocycles. The number of rotatable bonds is 5. The van der Waals surface area contributed by atoms with Crippen LogP contribution in [0.3, 0.4) is 0 Å². The molecule has 0 aliphatic rings. The van der Waals surface area contributed by atoms with Gasteiger partial charge in [-0.25, -0.2) is 4.79 Å². The number of benzene rings is 1. The second kappa shape index (κ2) is 7.60. The van der Waals surface area contributed by atoms with Crippen LogP contribution in [0, 0.1) is 11.3 Å². The summed E-state index contributed by atoms with van der Waals surface area (Å²) in [6, 6.07) is 6.12.